The molecule has 3 aromatic carbocycles. The minimum Gasteiger partial charge on any atom is -0.483 e. The number of nitrogens with zero attached hydrogens (tertiary/aromatic N) is 1. The van der Waals surface area contributed by atoms with Crippen LogP contribution in [0.3, 0.4) is 0 Å². The lowest BCUT2D eigenvalue weighted by Gasteiger charge is -2.10. The highest BCUT2D eigenvalue weighted by atomic mass is 79.9. The minimum absolute atomic E-state index is 0.0609. The Morgan fingerprint density at radius 1 is 0.968 bits per heavy atom. The van der Waals surface area contributed by atoms with Crippen molar-refractivity contribution >= 4 is 65.8 Å². The van der Waals surface area contributed by atoms with Gasteiger partial charge in [-0.3, -0.25) is 9.59 Å². The number of hydrogen-bond acceptors (Lipinski definition) is 4. The Kier molecular flexibility index (Phi) is 7.81. The first-order chi connectivity index (χ1) is 14.8. The van der Waals surface area contributed by atoms with Crippen LogP contribution in [-0.2, 0) is 9.59 Å². The molecule has 31 heavy (non-hydrogen) atoms. The molecule has 0 saturated carbocycles. The molecule has 0 unspecified atom stereocenters. The van der Waals surface area contributed by atoms with E-state index in [2.05, 4.69) is 47.7 Å². The van der Waals surface area contributed by atoms with E-state index < -0.39 is 5.91 Å². The molecule has 0 aliphatic rings. The first-order valence-electron chi connectivity index (χ1n) is 9.51. The molecule has 0 aliphatic carbocycles. The number of amides is 2. The van der Waals surface area contributed by atoms with Crippen LogP contribution in [0, 0.1) is 6.92 Å². The SMILES string of the molecule is C/C(CC(=O)Nc1ccc2ccccc2c1)=N/NC(=O)COc1cc(C)c(Br)cc1Br. The van der Waals surface area contributed by atoms with Gasteiger partial charge in [0.25, 0.3) is 5.91 Å². The van der Waals surface area contributed by atoms with Gasteiger partial charge in [-0.05, 0) is 70.4 Å². The Bertz CT molecular complexity index is 1160. The summed E-state index contributed by atoms with van der Waals surface area (Å²) in [6.07, 6.45) is 0.0609. The van der Waals surface area contributed by atoms with Crippen LogP contribution in [0.4, 0.5) is 5.69 Å². The smallest absolute Gasteiger partial charge is 0.277 e. The van der Waals surface area contributed by atoms with Crippen molar-refractivity contribution in [2.24, 2.45) is 5.10 Å². The highest BCUT2D eigenvalue weighted by Crippen LogP contribution is 2.31. The number of fused-ring (bicyclic) bond motifs is 1. The molecule has 3 rings (SSSR count). The van der Waals surface area contributed by atoms with Crippen LogP contribution >= 0.6 is 31.9 Å². The van der Waals surface area contributed by atoms with Crippen molar-refractivity contribution in [1.29, 1.82) is 0 Å². The second-order valence-corrected chi connectivity index (χ2v) is 8.70. The largest absolute Gasteiger partial charge is 0.483 e. The number of nitrogens with one attached hydrogen (secondary N) is 2. The van der Waals surface area contributed by atoms with E-state index in [1.807, 2.05) is 61.5 Å². The summed E-state index contributed by atoms with van der Waals surface area (Å²) in [4.78, 5) is 24.3. The summed E-state index contributed by atoms with van der Waals surface area (Å²) >= 11 is 6.84. The third-order valence-corrected chi connectivity index (χ3v) is 5.87. The van der Waals surface area contributed by atoms with Crippen molar-refractivity contribution in [2.75, 3.05) is 11.9 Å². The Balaban J connectivity index is 1.48. The maximum Gasteiger partial charge on any atom is 0.277 e. The summed E-state index contributed by atoms with van der Waals surface area (Å²) in [6, 6.07) is 17.3. The highest BCUT2D eigenvalue weighted by molar-refractivity contribution is 9.11. The lowest BCUT2D eigenvalue weighted by Crippen LogP contribution is -2.26. The Morgan fingerprint density at radius 3 is 2.48 bits per heavy atom. The molecule has 0 radical (unpaired) electrons. The standard InChI is InChI=1S/C23H21Br2N3O3/c1-14-9-21(20(25)12-19(14)24)31-13-23(30)28-27-15(2)10-22(29)26-18-8-7-16-5-3-4-6-17(16)11-18/h3-9,11-12H,10,13H2,1-2H3,(H,26,29)(H,28,30)/b27-15-. The van der Waals surface area contributed by atoms with Gasteiger partial charge in [0.2, 0.25) is 5.91 Å². The van der Waals surface area contributed by atoms with E-state index in [0.717, 1.165) is 25.3 Å². The summed E-state index contributed by atoms with van der Waals surface area (Å²) in [5, 5.41) is 8.98. The summed E-state index contributed by atoms with van der Waals surface area (Å²) in [5.41, 5.74) is 4.59. The predicted octanol–water partition coefficient (Wildman–Crippen LogP) is 5.57. The number of carbonyl (C=O) groups is 2. The lowest BCUT2D eigenvalue weighted by molar-refractivity contribution is -0.123. The van der Waals surface area contributed by atoms with Crippen molar-refractivity contribution < 1.29 is 14.3 Å². The van der Waals surface area contributed by atoms with Gasteiger partial charge in [-0.25, -0.2) is 5.43 Å². The Labute approximate surface area is 197 Å². The van der Waals surface area contributed by atoms with Gasteiger partial charge in [-0.1, -0.05) is 46.3 Å². The third-order valence-electron chi connectivity index (χ3n) is 4.39. The molecule has 0 atom stereocenters. The molecular formula is C23H21Br2N3O3. The number of hydrazone groups is 1. The van der Waals surface area contributed by atoms with Crippen LogP contribution < -0.4 is 15.5 Å². The summed E-state index contributed by atoms with van der Waals surface area (Å²) in [5.74, 6) is -0.0654. The van der Waals surface area contributed by atoms with E-state index in [1.54, 1.807) is 6.92 Å². The number of aryl methyl sites for hydroxylation is 1. The van der Waals surface area contributed by atoms with Gasteiger partial charge in [0.1, 0.15) is 5.75 Å². The zero-order valence-corrected chi connectivity index (χ0v) is 20.2. The van der Waals surface area contributed by atoms with Gasteiger partial charge in [0.05, 0.1) is 10.9 Å². The van der Waals surface area contributed by atoms with Crippen LogP contribution in [0.1, 0.15) is 18.9 Å². The van der Waals surface area contributed by atoms with Gasteiger partial charge in [0, 0.05) is 15.9 Å². The third kappa shape index (κ3) is 6.63. The second kappa shape index (κ2) is 10.5. The highest BCUT2D eigenvalue weighted by Gasteiger charge is 2.09. The molecule has 0 spiro atoms. The van der Waals surface area contributed by atoms with Crippen molar-refractivity contribution in [3.63, 3.8) is 0 Å². The average molecular weight is 547 g/mol. The number of anilines is 1. The number of benzene rings is 3. The van der Waals surface area contributed by atoms with Gasteiger partial charge < -0.3 is 10.1 Å². The molecule has 0 saturated heterocycles. The Hall–Kier alpha value is -2.71. The van der Waals surface area contributed by atoms with Crippen molar-refractivity contribution in [3.8, 4) is 5.75 Å². The van der Waals surface area contributed by atoms with E-state index in [-0.39, 0.29) is 18.9 Å². The lowest BCUT2D eigenvalue weighted by atomic mass is 10.1. The van der Waals surface area contributed by atoms with Crippen molar-refractivity contribution in [1.82, 2.24) is 5.43 Å². The van der Waals surface area contributed by atoms with Gasteiger partial charge >= 0.3 is 0 Å². The molecule has 0 fully saturated rings. The molecule has 160 valence electrons. The molecule has 6 nitrogen and oxygen atoms in total. The quantitative estimate of drug-likeness (QED) is 0.300. The van der Waals surface area contributed by atoms with Crippen LogP contribution in [0.5, 0.6) is 5.75 Å². The monoisotopic (exact) mass is 545 g/mol. The van der Waals surface area contributed by atoms with Crippen molar-refractivity contribution in [3.05, 3.63) is 69.1 Å². The molecular weight excluding hydrogens is 526 g/mol. The van der Waals surface area contributed by atoms with Gasteiger partial charge in [0.15, 0.2) is 6.61 Å². The van der Waals surface area contributed by atoms with E-state index in [4.69, 9.17) is 4.74 Å². The fourth-order valence-corrected chi connectivity index (χ4v) is 3.93. The summed E-state index contributed by atoms with van der Waals surface area (Å²) in [7, 11) is 0. The minimum atomic E-state index is -0.415. The maximum absolute atomic E-state index is 12.3. The molecule has 0 bridgehead atoms. The number of ether oxygens (including phenoxy) is 1. The maximum atomic E-state index is 12.3. The summed E-state index contributed by atoms with van der Waals surface area (Å²) in [6.45, 7) is 3.41. The van der Waals surface area contributed by atoms with Crippen LogP contribution in [0.25, 0.3) is 10.8 Å². The topological polar surface area (TPSA) is 79.8 Å². The second-order valence-electron chi connectivity index (χ2n) is 6.99. The van der Waals surface area contributed by atoms with Crippen LogP contribution in [-0.4, -0.2) is 24.1 Å². The van der Waals surface area contributed by atoms with Gasteiger partial charge in [-0.2, -0.15) is 5.10 Å². The molecule has 0 aliphatic heterocycles. The van der Waals surface area contributed by atoms with E-state index in [1.165, 1.54) is 0 Å². The first kappa shape index (κ1) is 23.0. The zero-order valence-electron chi connectivity index (χ0n) is 17.0. The first-order valence-corrected chi connectivity index (χ1v) is 11.1. The normalized spacial score (nSPS) is 11.3. The number of rotatable bonds is 7. The molecule has 0 heterocycles. The number of halogens is 2. The fraction of sp³-hybridized carbons (Fsp3) is 0.174. The summed E-state index contributed by atoms with van der Waals surface area (Å²) < 4.78 is 7.22. The van der Waals surface area contributed by atoms with E-state index >= 15 is 0 Å². The molecule has 3 aromatic rings. The molecule has 8 heteroatoms. The molecule has 2 amide bonds. The Morgan fingerprint density at radius 2 is 1.71 bits per heavy atom. The van der Waals surface area contributed by atoms with E-state index in [0.29, 0.717) is 17.1 Å². The average Bonchev–Trinajstić information content (AvgIpc) is 2.73. The van der Waals surface area contributed by atoms with Gasteiger partial charge in [-0.15, -0.1) is 0 Å². The number of hydrogen-bond donors (Lipinski definition) is 2. The fourth-order valence-electron chi connectivity index (χ4n) is 2.82. The van der Waals surface area contributed by atoms with E-state index in [9.17, 15) is 9.59 Å². The van der Waals surface area contributed by atoms with Crippen molar-refractivity contribution in [2.45, 2.75) is 20.3 Å². The predicted molar refractivity (Wildman–Crippen MR) is 131 cm³/mol. The zero-order chi connectivity index (χ0) is 22.4. The molecule has 2 N–H and O–H groups in total. The molecule has 0 aromatic heterocycles. The van der Waals surface area contributed by atoms with Crippen LogP contribution in [0.2, 0.25) is 0 Å². The number of carbonyl (C=O) groups excluding carboxylic acids is 2. The van der Waals surface area contributed by atoms with Crippen LogP contribution in [0.15, 0.2) is 68.6 Å².